The number of hydrogen-bond acceptors (Lipinski definition) is 1. The molecule has 0 aliphatic carbocycles. The van der Waals surface area contributed by atoms with Crippen LogP contribution < -0.4 is 5.73 Å². The standard InChI is InChI=1S/C14H19N/c1-12(2)14(15)11-7-6-10-13-8-4-3-5-9-13/h3-5,8-9,12,14H,6,10,15H2,1-2H3/t14-/m1/s1. The van der Waals surface area contributed by atoms with E-state index in [1.165, 1.54) is 5.56 Å². The molecule has 0 saturated carbocycles. The van der Waals surface area contributed by atoms with Gasteiger partial charge in [-0.25, -0.2) is 0 Å². The lowest BCUT2D eigenvalue weighted by Gasteiger charge is -2.06. The largest absolute Gasteiger partial charge is 0.317 e. The fraction of sp³-hybridized carbons (Fsp3) is 0.429. The third-order valence-electron chi connectivity index (χ3n) is 2.37. The van der Waals surface area contributed by atoms with Crippen molar-refractivity contribution in [2.24, 2.45) is 11.7 Å². The first-order chi connectivity index (χ1) is 7.20. The minimum atomic E-state index is 0.0146. The van der Waals surface area contributed by atoms with Gasteiger partial charge < -0.3 is 5.73 Å². The molecule has 0 heterocycles. The Bertz CT molecular complexity index is 329. The highest BCUT2D eigenvalue weighted by molar-refractivity contribution is 5.17. The Hall–Kier alpha value is -1.26. The van der Waals surface area contributed by atoms with Crippen LogP contribution in [-0.2, 0) is 6.42 Å². The van der Waals surface area contributed by atoms with Crippen molar-refractivity contribution in [3.05, 3.63) is 35.9 Å². The van der Waals surface area contributed by atoms with Gasteiger partial charge in [0.1, 0.15) is 0 Å². The molecule has 2 N–H and O–H groups in total. The first kappa shape index (κ1) is 11.8. The Morgan fingerprint density at radius 1 is 1.20 bits per heavy atom. The normalized spacial score (nSPS) is 12.0. The van der Waals surface area contributed by atoms with Gasteiger partial charge in [0.05, 0.1) is 6.04 Å². The van der Waals surface area contributed by atoms with Gasteiger partial charge in [-0.3, -0.25) is 0 Å². The third-order valence-corrected chi connectivity index (χ3v) is 2.37. The van der Waals surface area contributed by atoms with Crippen molar-refractivity contribution >= 4 is 0 Å². The zero-order chi connectivity index (χ0) is 11.1. The summed E-state index contributed by atoms with van der Waals surface area (Å²) in [5, 5.41) is 0. The fourth-order valence-corrected chi connectivity index (χ4v) is 1.21. The molecule has 0 unspecified atom stereocenters. The van der Waals surface area contributed by atoms with Crippen LogP contribution in [0.2, 0.25) is 0 Å². The molecule has 80 valence electrons. The molecular weight excluding hydrogens is 182 g/mol. The van der Waals surface area contributed by atoms with E-state index in [0.717, 1.165) is 12.8 Å². The van der Waals surface area contributed by atoms with Crippen molar-refractivity contribution in [3.63, 3.8) is 0 Å². The maximum Gasteiger partial charge on any atom is 0.0687 e. The van der Waals surface area contributed by atoms with E-state index >= 15 is 0 Å². The molecule has 1 aromatic rings. The zero-order valence-electron chi connectivity index (χ0n) is 9.53. The van der Waals surface area contributed by atoms with Crippen molar-refractivity contribution in [3.8, 4) is 11.8 Å². The van der Waals surface area contributed by atoms with Crippen molar-refractivity contribution in [2.75, 3.05) is 0 Å². The van der Waals surface area contributed by atoms with Crippen LogP contribution in [0.5, 0.6) is 0 Å². The highest BCUT2D eigenvalue weighted by Gasteiger charge is 2.01. The summed E-state index contributed by atoms with van der Waals surface area (Å²) in [4.78, 5) is 0. The average molecular weight is 201 g/mol. The van der Waals surface area contributed by atoms with E-state index in [9.17, 15) is 0 Å². The zero-order valence-corrected chi connectivity index (χ0v) is 9.53. The van der Waals surface area contributed by atoms with Gasteiger partial charge >= 0.3 is 0 Å². The predicted molar refractivity (Wildman–Crippen MR) is 65.4 cm³/mol. The average Bonchev–Trinajstić information content (AvgIpc) is 2.25. The van der Waals surface area contributed by atoms with Gasteiger partial charge in [0, 0.05) is 6.42 Å². The van der Waals surface area contributed by atoms with Crippen LogP contribution in [0, 0.1) is 17.8 Å². The van der Waals surface area contributed by atoms with Crippen LogP contribution in [0.15, 0.2) is 30.3 Å². The van der Waals surface area contributed by atoms with Gasteiger partial charge in [-0.05, 0) is 17.9 Å². The van der Waals surface area contributed by atoms with E-state index in [0.29, 0.717) is 5.92 Å². The highest BCUT2D eigenvalue weighted by atomic mass is 14.6. The van der Waals surface area contributed by atoms with Crippen molar-refractivity contribution < 1.29 is 0 Å². The summed E-state index contributed by atoms with van der Waals surface area (Å²) >= 11 is 0. The van der Waals surface area contributed by atoms with Gasteiger partial charge in [-0.1, -0.05) is 50.1 Å². The van der Waals surface area contributed by atoms with E-state index in [-0.39, 0.29) is 6.04 Å². The van der Waals surface area contributed by atoms with E-state index in [1.807, 2.05) is 6.07 Å². The highest BCUT2D eigenvalue weighted by Crippen LogP contribution is 2.01. The van der Waals surface area contributed by atoms with Crippen LogP contribution in [0.4, 0.5) is 0 Å². The molecule has 0 aromatic heterocycles. The molecule has 1 rings (SSSR count). The van der Waals surface area contributed by atoms with Crippen LogP contribution in [-0.4, -0.2) is 6.04 Å². The van der Waals surface area contributed by atoms with Gasteiger partial charge in [0.2, 0.25) is 0 Å². The van der Waals surface area contributed by atoms with E-state index in [2.05, 4.69) is 50.0 Å². The van der Waals surface area contributed by atoms with E-state index < -0.39 is 0 Å². The van der Waals surface area contributed by atoms with Gasteiger partial charge in [-0.15, -0.1) is 5.92 Å². The molecule has 1 aromatic carbocycles. The van der Waals surface area contributed by atoms with Crippen LogP contribution in [0.3, 0.4) is 0 Å². The Labute approximate surface area is 92.7 Å². The number of aryl methyl sites for hydroxylation is 1. The van der Waals surface area contributed by atoms with Crippen molar-refractivity contribution in [1.29, 1.82) is 0 Å². The topological polar surface area (TPSA) is 26.0 Å². The van der Waals surface area contributed by atoms with Crippen LogP contribution in [0.25, 0.3) is 0 Å². The third kappa shape index (κ3) is 4.67. The number of nitrogens with two attached hydrogens (primary N) is 1. The number of rotatable bonds is 3. The summed E-state index contributed by atoms with van der Waals surface area (Å²) in [7, 11) is 0. The van der Waals surface area contributed by atoms with Gasteiger partial charge in [0.25, 0.3) is 0 Å². The molecule has 0 aliphatic heterocycles. The molecule has 0 bridgehead atoms. The molecule has 15 heavy (non-hydrogen) atoms. The molecule has 0 spiro atoms. The van der Waals surface area contributed by atoms with Crippen molar-refractivity contribution in [1.82, 2.24) is 0 Å². The summed E-state index contributed by atoms with van der Waals surface area (Å²) < 4.78 is 0. The summed E-state index contributed by atoms with van der Waals surface area (Å²) in [6.07, 6.45) is 1.91. The fourth-order valence-electron chi connectivity index (χ4n) is 1.21. The second-order valence-corrected chi connectivity index (χ2v) is 4.08. The summed E-state index contributed by atoms with van der Waals surface area (Å²) in [6.45, 7) is 4.19. The van der Waals surface area contributed by atoms with Gasteiger partial charge in [0.15, 0.2) is 0 Å². The minimum Gasteiger partial charge on any atom is -0.317 e. The summed E-state index contributed by atoms with van der Waals surface area (Å²) in [5.41, 5.74) is 7.16. The Balaban J connectivity index is 2.33. The molecule has 1 atom stereocenters. The van der Waals surface area contributed by atoms with Crippen LogP contribution in [0.1, 0.15) is 25.8 Å². The number of benzene rings is 1. The molecule has 1 heteroatoms. The first-order valence-corrected chi connectivity index (χ1v) is 5.48. The summed E-state index contributed by atoms with van der Waals surface area (Å²) in [5.74, 6) is 6.66. The SMILES string of the molecule is CC(C)[C@H](N)C#CCCc1ccccc1. The lowest BCUT2D eigenvalue weighted by molar-refractivity contribution is 0.584. The first-order valence-electron chi connectivity index (χ1n) is 5.48. The maximum atomic E-state index is 5.82. The van der Waals surface area contributed by atoms with E-state index in [4.69, 9.17) is 5.73 Å². The van der Waals surface area contributed by atoms with E-state index in [1.54, 1.807) is 0 Å². The lowest BCUT2D eigenvalue weighted by Crippen LogP contribution is -2.23. The maximum absolute atomic E-state index is 5.82. The number of hydrogen-bond donors (Lipinski definition) is 1. The molecule has 0 aliphatic rings. The second-order valence-electron chi connectivity index (χ2n) is 4.08. The summed E-state index contributed by atoms with van der Waals surface area (Å²) in [6, 6.07) is 10.4. The Morgan fingerprint density at radius 3 is 2.47 bits per heavy atom. The Morgan fingerprint density at radius 2 is 1.87 bits per heavy atom. The van der Waals surface area contributed by atoms with Crippen LogP contribution >= 0.6 is 0 Å². The molecule has 0 amide bonds. The molecule has 0 fully saturated rings. The quantitative estimate of drug-likeness (QED) is 0.747. The second kappa shape index (κ2) is 6.27. The molecular formula is C14H19N. The lowest BCUT2D eigenvalue weighted by atomic mass is 10.1. The smallest absolute Gasteiger partial charge is 0.0687 e. The molecule has 1 nitrogen and oxygen atoms in total. The Kier molecular flexibility index (Phi) is 4.93. The van der Waals surface area contributed by atoms with Gasteiger partial charge in [-0.2, -0.15) is 0 Å². The molecule has 0 saturated heterocycles. The van der Waals surface area contributed by atoms with Crippen molar-refractivity contribution in [2.45, 2.75) is 32.7 Å². The predicted octanol–water partition coefficient (Wildman–Crippen LogP) is 2.61. The monoisotopic (exact) mass is 201 g/mol. The minimum absolute atomic E-state index is 0.0146. The molecule has 0 radical (unpaired) electrons.